The van der Waals surface area contributed by atoms with E-state index in [1.165, 1.54) is 0 Å². The Bertz CT molecular complexity index is 337. The summed E-state index contributed by atoms with van der Waals surface area (Å²) in [5.74, 6) is 1.27. The lowest BCUT2D eigenvalue weighted by atomic mass is 10.3. The molecule has 0 saturated heterocycles. The molecule has 12 heavy (non-hydrogen) atoms. The third-order valence-corrected chi connectivity index (χ3v) is 1.82. The summed E-state index contributed by atoms with van der Waals surface area (Å²) < 4.78 is 0. The van der Waals surface area contributed by atoms with Gasteiger partial charge in [-0.2, -0.15) is 0 Å². The van der Waals surface area contributed by atoms with Gasteiger partial charge in [0.05, 0.1) is 16.9 Å². The Labute approximate surface area is 81.4 Å². The van der Waals surface area contributed by atoms with Crippen LogP contribution in [0.1, 0.15) is 5.82 Å². The van der Waals surface area contributed by atoms with Gasteiger partial charge < -0.3 is 4.98 Å². The fraction of sp³-hybridized carbons (Fsp3) is 0.125. The number of imidazole rings is 1. The molecular weight excluding hydrogens is 195 g/mol. The van der Waals surface area contributed by atoms with Crippen molar-refractivity contribution in [2.75, 3.05) is 0 Å². The molecule has 0 aliphatic heterocycles. The highest BCUT2D eigenvalue weighted by atomic mass is 35.5. The fourth-order valence-corrected chi connectivity index (χ4v) is 1.20. The number of H-pyrrole nitrogens is 1. The molecule has 0 unspecified atom stereocenters. The number of aromatic nitrogens is 2. The first kappa shape index (κ1) is 9.36. The second-order valence-corrected chi connectivity index (χ2v) is 2.60. The number of alkyl halides is 1. The van der Waals surface area contributed by atoms with E-state index in [0.29, 0.717) is 5.88 Å². The van der Waals surface area contributed by atoms with E-state index in [4.69, 9.17) is 11.6 Å². The second-order valence-electron chi connectivity index (χ2n) is 2.33. The Morgan fingerprint density at radius 2 is 2.08 bits per heavy atom. The molecule has 2 aromatic rings. The Morgan fingerprint density at radius 3 is 2.75 bits per heavy atom. The zero-order chi connectivity index (χ0) is 7.68. The van der Waals surface area contributed by atoms with Crippen molar-refractivity contribution < 1.29 is 0 Å². The molecular formula is C8H8Cl2N2. The number of nitrogens with one attached hydrogen (secondary N) is 1. The minimum atomic E-state index is 0. The van der Waals surface area contributed by atoms with Crippen LogP contribution in [-0.2, 0) is 5.88 Å². The molecule has 1 aromatic heterocycles. The molecule has 4 heteroatoms. The summed E-state index contributed by atoms with van der Waals surface area (Å²) in [6.07, 6.45) is 0. The number of aromatic amines is 1. The smallest absolute Gasteiger partial charge is 0.122 e. The minimum Gasteiger partial charge on any atom is -0.341 e. The predicted molar refractivity (Wildman–Crippen MR) is 52.9 cm³/mol. The van der Waals surface area contributed by atoms with Crippen LogP contribution in [0.3, 0.4) is 0 Å². The quantitative estimate of drug-likeness (QED) is 0.709. The fourth-order valence-electron chi connectivity index (χ4n) is 1.07. The number of halogens is 2. The lowest BCUT2D eigenvalue weighted by molar-refractivity contribution is 1.13. The van der Waals surface area contributed by atoms with Gasteiger partial charge in [0.25, 0.3) is 0 Å². The molecule has 0 saturated carbocycles. The van der Waals surface area contributed by atoms with Crippen LogP contribution in [0.2, 0.25) is 0 Å². The van der Waals surface area contributed by atoms with Crippen LogP contribution in [0, 0.1) is 0 Å². The Balaban J connectivity index is 0.000000720. The molecule has 64 valence electrons. The summed E-state index contributed by atoms with van der Waals surface area (Å²) in [6, 6.07) is 7.87. The largest absolute Gasteiger partial charge is 0.341 e. The van der Waals surface area contributed by atoms with Crippen molar-refractivity contribution in [2.24, 2.45) is 0 Å². The number of rotatable bonds is 1. The van der Waals surface area contributed by atoms with E-state index in [-0.39, 0.29) is 12.4 Å². The van der Waals surface area contributed by atoms with Crippen molar-refractivity contribution in [3.05, 3.63) is 30.1 Å². The Hall–Kier alpha value is -0.730. The summed E-state index contributed by atoms with van der Waals surface area (Å²) in [5, 5.41) is 0. The van der Waals surface area contributed by atoms with Crippen molar-refractivity contribution >= 4 is 35.0 Å². The van der Waals surface area contributed by atoms with Gasteiger partial charge in [0.1, 0.15) is 5.82 Å². The van der Waals surface area contributed by atoms with Crippen molar-refractivity contribution in [1.82, 2.24) is 9.97 Å². The van der Waals surface area contributed by atoms with Gasteiger partial charge in [0.2, 0.25) is 0 Å². The summed E-state index contributed by atoms with van der Waals surface area (Å²) in [6.45, 7) is 0. The Morgan fingerprint density at radius 1 is 1.33 bits per heavy atom. The lowest BCUT2D eigenvalue weighted by Crippen LogP contribution is -1.76. The lowest BCUT2D eigenvalue weighted by Gasteiger charge is -1.81. The van der Waals surface area contributed by atoms with Crippen molar-refractivity contribution in [1.29, 1.82) is 0 Å². The zero-order valence-electron chi connectivity index (χ0n) is 6.25. The van der Waals surface area contributed by atoms with Crippen LogP contribution in [0.15, 0.2) is 24.3 Å². The molecule has 0 radical (unpaired) electrons. The molecule has 1 N–H and O–H groups in total. The van der Waals surface area contributed by atoms with Crippen LogP contribution < -0.4 is 0 Å². The third-order valence-electron chi connectivity index (χ3n) is 1.56. The van der Waals surface area contributed by atoms with Gasteiger partial charge >= 0.3 is 0 Å². The van der Waals surface area contributed by atoms with E-state index in [1.807, 2.05) is 24.3 Å². The van der Waals surface area contributed by atoms with Crippen LogP contribution in [0.5, 0.6) is 0 Å². The summed E-state index contributed by atoms with van der Waals surface area (Å²) in [5.41, 5.74) is 2.02. The van der Waals surface area contributed by atoms with Crippen molar-refractivity contribution in [3.8, 4) is 0 Å². The van der Waals surface area contributed by atoms with Gasteiger partial charge in [0, 0.05) is 0 Å². The van der Waals surface area contributed by atoms with Crippen LogP contribution >= 0.6 is 24.0 Å². The molecule has 0 spiro atoms. The normalized spacial score (nSPS) is 9.75. The third kappa shape index (κ3) is 1.54. The van der Waals surface area contributed by atoms with Gasteiger partial charge in [-0.3, -0.25) is 0 Å². The first-order chi connectivity index (χ1) is 5.40. The minimum absolute atomic E-state index is 0. The summed E-state index contributed by atoms with van der Waals surface area (Å²) in [7, 11) is 0. The predicted octanol–water partition coefficient (Wildman–Crippen LogP) is 2.72. The molecule has 1 heterocycles. The van der Waals surface area contributed by atoms with E-state index < -0.39 is 0 Å². The number of fused-ring (bicyclic) bond motifs is 1. The summed E-state index contributed by atoms with van der Waals surface area (Å²) in [4.78, 5) is 7.35. The molecule has 0 fully saturated rings. The van der Waals surface area contributed by atoms with E-state index >= 15 is 0 Å². The summed E-state index contributed by atoms with van der Waals surface area (Å²) >= 11 is 5.60. The van der Waals surface area contributed by atoms with E-state index in [2.05, 4.69) is 9.97 Å². The van der Waals surface area contributed by atoms with E-state index in [9.17, 15) is 0 Å². The zero-order valence-corrected chi connectivity index (χ0v) is 7.82. The highest BCUT2D eigenvalue weighted by Crippen LogP contribution is 2.10. The maximum absolute atomic E-state index is 5.60. The van der Waals surface area contributed by atoms with Gasteiger partial charge in [-0.25, -0.2) is 4.98 Å². The highest BCUT2D eigenvalue weighted by Gasteiger charge is 1.98. The first-order valence-corrected chi connectivity index (χ1v) is 3.93. The molecule has 0 atom stereocenters. The van der Waals surface area contributed by atoms with Crippen LogP contribution in [0.25, 0.3) is 11.0 Å². The van der Waals surface area contributed by atoms with Gasteiger partial charge in [-0.15, -0.1) is 24.0 Å². The number of benzene rings is 1. The van der Waals surface area contributed by atoms with Crippen LogP contribution in [-0.4, -0.2) is 9.97 Å². The van der Waals surface area contributed by atoms with Crippen LogP contribution in [0.4, 0.5) is 0 Å². The maximum atomic E-state index is 5.60. The molecule has 0 amide bonds. The maximum Gasteiger partial charge on any atom is 0.122 e. The molecule has 2 rings (SSSR count). The average Bonchev–Trinajstić information content (AvgIpc) is 2.46. The topological polar surface area (TPSA) is 28.7 Å². The standard InChI is InChI=1S/C8H7ClN2.ClH/c9-5-8-10-6-3-1-2-4-7(6)11-8;/h1-4H,5H2,(H,10,11);1H. The Kier molecular flexibility index (Phi) is 2.95. The molecule has 0 aliphatic carbocycles. The van der Waals surface area contributed by atoms with Gasteiger partial charge in [0.15, 0.2) is 0 Å². The molecule has 0 aliphatic rings. The highest BCUT2D eigenvalue weighted by molar-refractivity contribution is 6.16. The number of nitrogens with zero attached hydrogens (tertiary/aromatic N) is 1. The van der Waals surface area contributed by atoms with E-state index in [0.717, 1.165) is 16.9 Å². The van der Waals surface area contributed by atoms with Gasteiger partial charge in [-0.1, -0.05) is 12.1 Å². The first-order valence-electron chi connectivity index (χ1n) is 3.40. The second kappa shape index (κ2) is 3.78. The number of para-hydroxylation sites is 2. The SMILES string of the molecule is Cl.ClCc1nc2ccccc2[nH]1. The van der Waals surface area contributed by atoms with Crippen molar-refractivity contribution in [2.45, 2.75) is 5.88 Å². The molecule has 0 bridgehead atoms. The molecule has 1 aromatic carbocycles. The van der Waals surface area contributed by atoms with Gasteiger partial charge in [-0.05, 0) is 12.1 Å². The monoisotopic (exact) mass is 202 g/mol. The number of hydrogen-bond acceptors (Lipinski definition) is 1. The van der Waals surface area contributed by atoms with Crippen molar-refractivity contribution in [3.63, 3.8) is 0 Å². The number of hydrogen-bond donors (Lipinski definition) is 1. The average molecular weight is 203 g/mol. The molecule has 2 nitrogen and oxygen atoms in total. The van der Waals surface area contributed by atoms with E-state index in [1.54, 1.807) is 0 Å².